The van der Waals surface area contributed by atoms with Gasteiger partial charge in [-0.1, -0.05) is 43.2 Å². The highest BCUT2D eigenvalue weighted by Crippen LogP contribution is 2.26. The first kappa shape index (κ1) is 35.8. The summed E-state index contributed by atoms with van der Waals surface area (Å²) < 4.78 is 11.2. The predicted molar refractivity (Wildman–Crippen MR) is 180 cm³/mol. The van der Waals surface area contributed by atoms with Crippen molar-refractivity contribution in [1.82, 2.24) is 19.7 Å². The number of pyridine rings is 1. The Morgan fingerprint density at radius 3 is 2.02 bits per heavy atom. The molecule has 45 heavy (non-hydrogen) atoms. The number of primary amides is 1. The zero-order valence-electron chi connectivity index (χ0n) is 28.1. The number of urea groups is 1. The van der Waals surface area contributed by atoms with E-state index in [9.17, 15) is 9.59 Å². The van der Waals surface area contributed by atoms with Gasteiger partial charge in [-0.25, -0.2) is 9.78 Å². The summed E-state index contributed by atoms with van der Waals surface area (Å²) in [4.78, 5) is 35.3. The zero-order valence-corrected chi connectivity index (χ0v) is 28.1. The molecule has 2 aromatic rings. The maximum atomic E-state index is 13.0. The Hall–Kier alpha value is -3.69. The van der Waals surface area contributed by atoms with Crippen molar-refractivity contribution < 1.29 is 19.1 Å². The fraction of sp³-hybridized carbons (Fsp3) is 0.528. The van der Waals surface area contributed by atoms with Crippen molar-refractivity contribution in [1.29, 1.82) is 0 Å². The fourth-order valence-electron chi connectivity index (χ4n) is 5.80. The Kier molecular flexibility index (Phi) is 14.6. The molecule has 9 heteroatoms. The minimum atomic E-state index is -0.466. The van der Waals surface area contributed by atoms with Crippen LogP contribution in [-0.2, 0) is 11.3 Å². The van der Waals surface area contributed by atoms with Crippen molar-refractivity contribution in [2.24, 2.45) is 5.73 Å². The smallest absolute Gasteiger partial charge is 0.320 e. The number of benzene rings is 1. The Balaban J connectivity index is 0.000000483. The molecule has 0 unspecified atom stereocenters. The molecule has 0 bridgehead atoms. The number of nitrogens with two attached hydrogens (primary N) is 1. The lowest BCUT2D eigenvalue weighted by Crippen LogP contribution is -2.48. The molecule has 4 heterocycles. The van der Waals surface area contributed by atoms with Gasteiger partial charge in [-0.05, 0) is 83.2 Å². The molecule has 0 saturated carbocycles. The summed E-state index contributed by atoms with van der Waals surface area (Å²) in [7, 11) is 0. The van der Waals surface area contributed by atoms with Crippen LogP contribution < -0.4 is 10.5 Å². The zero-order chi connectivity index (χ0) is 32.8. The second-order valence-corrected chi connectivity index (χ2v) is 11.8. The van der Waals surface area contributed by atoms with Gasteiger partial charge in [0.05, 0.1) is 0 Å². The first-order chi connectivity index (χ1) is 21.7. The van der Waals surface area contributed by atoms with Gasteiger partial charge < -0.3 is 25.0 Å². The number of aromatic nitrogens is 1. The number of carbonyl (C=O) groups is 2. The van der Waals surface area contributed by atoms with Crippen LogP contribution >= 0.6 is 0 Å². The SMILES string of the molecule is C/C=C(/C)C=C(C)C.CC.NC(=O)c1ccc(Oc2ccc(CN3CCC(N4CCN(C5CCOCC5)C4=O)CC3)cn2)cc1. The largest absolute Gasteiger partial charge is 0.439 e. The number of hydrogen-bond donors (Lipinski definition) is 1. The number of rotatable bonds is 8. The average Bonchev–Trinajstić information content (AvgIpc) is 3.45. The van der Waals surface area contributed by atoms with Crippen molar-refractivity contribution in [3.05, 3.63) is 77.0 Å². The second kappa shape index (κ2) is 18.3. The predicted octanol–water partition coefficient (Wildman–Crippen LogP) is 6.80. The average molecular weight is 620 g/mol. The molecule has 246 valence electrons. The summed E-state index contributed by atoms with van der Waals surface area (Å²) in [6.45, 7) is 18.3. The van der Waals surface area contributed by atoms with E-state index >= 15 is 0 Å². The van der Waals surface area contributed by atoms with Crippen molar-refractivity contribution in [3.8, 4) is 11.6 Å². The quantitative estimate of drug-likeness (QED) is 0.326. The van der Waals surface area contributed by atoms with Gasteiger partial charge in [0.25, 0.3) is 0 Å². The fourth-order valence-corrected chi connectivity index (χ4v) is 5.80. The summed E-state index contributed by atoms with van der Waals surface area (Å²) in [5, 5.41) is 0. The lowest BCUT2D eigenvalue weighted by Gasteiger charge is -2.37. The van der Waals surface area contributed by atoms with Crippen LogP contribution in [0.1, 0.15) is 83.1 Å². The van der Waals surface area contributed by atoms with E-state index in [-0.39, 0.29) is 6.03 Å². The first-order valence-corrected chi connectivity index (χ1v) is 16.4. The minimum absolute atomic E-state index is 0.222. The van der Waals surface area contributed by atoms with E-state index in [0.29, 0.717) is 29.3 Å². The molecule has 3 saturated heterocycles. The molecule has 5 rings (SSSR count). The van der Waals surface area contributed by atoms with E-state index in [0.717, 1.165) is 77.2 Å². The number of carbonyl (C=O) groups excluding carboxylic acids is 2. The van der Waals surface area contributed by atoms with Crippen LogP contribution in [-0.4, -0.2) is 83.1 Å². The number of ether oxygens (including phenoxy) is 2. The summed E-state index contributed by atoms with van der Waals surface area (Å²) in [6.07, 6.45) is 10.0. The minimum Gasteiger partial charge on any atom is -0.439 e. The monoisotopic (exact) mass is 619 g/mol. The number of allylic oxidation sites excluding steroid dienone is 4. The number of hydrogen-bond acceptors (Lipinski definition) is 6. The summed E-state index contributed by atoms with van der Waals surface area (Å²) in [5.41, 5.74) is 9.54. The molecule has 0 aliphatic carbocycles. The maximum Gasteiger partial charge on any atom is 0.320 e. The highest BCUT2D eigenvalue weighted by Gasteiger charge is 2.38. The second-order valence-electron chi connectivity index (χ2n) is 11.8. The molecule has 3 amide bonds. The van der Waals surface area contributed by atoms with Gasteiger partial charge in [-0.15, -0.1) is 0 Å². The third-order valence-electron chi connectivity index (χ3n) is 8.24. The standard InChI is InChI=1S/C26H33N5O4.C8H14.C2H6/c27-25(32)20-2-4-23(5-3-20)35-24-6-1-19(17-28-24)18-29-11-7-21(8-12-29)30-13-14-31(26(30)33)22-9-15-34-16-10-22;1-5-8(4)6-7(2)3;1-2/h1-6,17,21-22H,7-16,18H2,(H2,27,32);5-6H,1-4H3;1-2H3/b;8-5-;. The molecule has 0 atom stereocenters. The van der Waals surface area contributed by atoms with Crippen molar-refractivity contribution >= 4 is 11.9 Å². The Morgan fingerprint density at radius 1 is 0.933 bits per heavy atom. The molecule has 1 aromatic heterocycles. The van der Waals surface area contributed by atoms with E-state index < -0.39 is 5.91 Å². The third-order valence-corrected chi connectivity index (χ3v) is 8.24. The highest BCUT2D eigenvalue weighted by atomic mass is 16.5. The van der Waals surface area contributed by atoms with Gasteiger partial charge in [0.15, 0.2) is 0 Å². The molecule has 0 spiro atoms. The van der Waals surface area contributed by atoms with Crippen LogP contribution in [0.15, 0.2) is 65.9 Å². The van der Waals surface area contributed by atoms with Gasteiger partial charge >= 0.3 is 6.03 Å². The third kappa shape index (κ3) is 11.0. The van der Waals surface area contributed by atoms with Gasteiger partial charge in [-0.3, -0.25) is 9.69 Å². The molecular formula is C36H53N5O4. The van der Waals surface area contributed by atoms with Gasteiger partial charge in [0, 0.05) is 75.8 Å². The number of likely N-dealkylation sites (tertiary alicyclic amines) is 1. The molecule has 3 aliphatic rings. The van der Waals surface area contributed by atoms with Crippen LogP contribution in [0.5, 0.6) is 11.6 Å². The molecule has 2 N–H and O–H groups in total. The molecule has 9 nitrogen and oxygen atoms in total. The van der Waals surface area contributed by atoms with Crippen molar-refractivity contribution in [2.75, 3.05) is 39.4 Å². The lowest BCUT2D eigenvalue weighted by molar-refractivity contribution is 0.0493. The molecule has 3 fully saturated rings. The van der Waals surface area contributed by atoms with Crippen molar-refractivity contribution in [2.45, 2.75) is 85.9 Å². The Morgan fingerprint density at radius 2 is 1.53 bits per heavy atom. The Bertz CT molecular complexity index is 1260. The summed E-state index contributed by atoms with van der Waals surface area (Å²) in [6, 6.07) is 11.5. The first-order valence-electron chi connectivity index (χ1n) is 16.4. The van der Waals surface area contributed by atoms with Gasteiger partial charge in [-0.2, -0.15) is 0 Å². The molecule has 3 aliphatic heterocycles. The van der Waals surface area contributed by atoms with E-state index in [1.807, 2.05) is 32.2 Å². The number of piperidine rings is 1. The lowest BCUT2D eigenvalue weighted by atomic mass is 10.0. The van der Waals surface area contributed by atoms with Crippen LogP contribution in [0.3, 0.4) is 0 Å². The summed E-state index contributed by atoms with van der Waals surface area (Å²) >= 11 is 0. The van der Waals surface area contributed by atoms with Gasteiger partial charge in [0.2, 0.25) is 11.8 Å². The number of amides is 3. The van der Waals surface area contributed by atoms with E-state index in [4.69, 9.17) is 15.2 Å². The summed E-state index contributed by atoms with van der Waals surface area (Å²) in [5.74, 6) is 0.636. The maximum absolute atomic E-state index is 13.0. The van der Waals surface area contributed by atoms with Crippen molar-refractivity contribution in [3.63, 3.8) is 0 Å². The highest BCUT2D eigenvalue weighted by molar-refractivity contribution is 5.92. The van der Waals surface area contributed by atoms with Crippen LogP contribution in [0.2, 0.25) is 0 Å². The van der Waals surface area contributed by atoms with E-state index in [1.165, 1.54) is 11.1 Å². The molecular weight excluding hydrogens is 566 g/mol. The van der Waals surface area contributed by atoms with E-state index in [1.54, 1.807) is 24.3 Å². The van der Waals surface area contributed by atoms with Crippen LogP contribution in [0.4, 0.5) is 4.79 Å². The molecule has 0 radical (unpaired) electrons. The van der Waals surface area contributed by atoms with E-state index in [2.05, 4.69) is 59.5 Å². The molecule has 1 aromatic carbocycles. The van der Waals surface area contributed by atoms with Crippen LogP contribution in [0.25, 0.3) is 0 Å². The van der Waals surface area contributed by atoms with Crippen LogP contribution in [0, 0.1) is 0 Å². The topological polar surface area (TPSA) is 101 Å². The number of nitrogens with zero attached hydrogens (tertiary/aromatic N) is 4. The van der Waals surface area contributed by atoms with Gasteiger partial charge in [0.1, 0.15) is 5.75 Å². The normalized spacial score (nSPS) is 18.0. The Labute approximate surface area is 270 Å².